The molecule has 4 aromatic heterocycles. The van der Waals surface area contributed by atoms with Crippen LogP contribution < -0.4 is 15.4 Å². The lowest BCUT2D eigenvalue weighted by molar-refractivity contribution is 0.398. The van der Waals surface area contributed by atoms with Crippen LogP contribution in [0.2, 0.25) is 0 Å². The van der Waals surface area contributed by atoms with Gasteiger partial charge in [0.1, 0.15) is 23.1 Å². The smallest absolute Gasteiger partial charge is 0.213 e. The third-order valence-electron chi connectivity index (χ3n) is 4.71. The Bertz CT molecular complexity index is 1220. The first kappa shape index (κ1) is 20.0. The molecule has 0 saturated heterocycles. The highest BCUT2D eigenvalue weighted by Gasteiger charge is 2.15. The summed E-state index contributed by atoms with van der Waals surface area (Å²) in [5.74, 6) is 2.45. The maximum atomic E-state index is 7.85. The zero-order chi connectivity index (χ0) is 21.8. The number of aromatic nitrogens is 5. The minimum atomic E-state index is 0.528. The van der Waals surface area contributed by atoms with Crippen LogP contribution in [0.25, 0.3) is 22.6 Å². The van der Waals surface area contributed by atoms with E-state index in [0.29, 0.717) is 34.5 Å². The summed E-state index contributed by atoms with van der Waals surface area (Å²) < 4.78 is 6.93. The Morgan fingerprint density at radius 3 is 2.58 bits per heavy atom. The largest absolute Gasteiger partial charge is 0.481 e. The monoisotopic (exact) mass is 414 g/mol. The molecule has 0 atom stereocenters. The third kappa shape index (κ3) is 4.06. The number of anilines is 3. The normalized spacial score (nSPS) is 10.5. The van der Waals surface area contributed by atoms with Crippen molar-refractivity contribution in [3.8, 4) is 28.5 Å². The number of nitrogens with zero attached hydrogens (tertiary/aromatic N) is 5. The molecule has 156 valence electrons. The molecule has 4 heterocycles. The molecule has 4 rings (SSSR count). The minimum absolute atomic E-state index is 0.528. The van der Waals surface area contributed by atoms with Gasteiger partial charge in [0.15, 0.2) is 0 Å². The summed E-state index contributed by atoms with van der Waals surface area (Å²) in [5, 5.41) is 18.8. The van der Waals surface area contributed by atoms with E-state index in [2.05, 4.69) is 30.7 Å². The molecule has 31 heavy (non-hydrogen) atoms. The molecular formula is C22H22N8O. The molecule has 4 aromatic rings. The summed E-state index contributed by atoms with van der Waals surface area (Å²) in [6.45, 7) is 0. The quantitative estimate of drug-likeness (QED) is 0.395. The summed E-state index contributed by atoms with van der Waals surface area (Å²) >= 11 is 0. The van der Waals surface area contributed by atoms with Crippen LogP contribution in [0, 0.1) is 5.41 Å². The molecule has 0 fully saturated rings. The first-order valence-electron chi connectivity index (χ1n) is 9.60. The highest BCUT2D eigenvalue weighted by atomic mass is 16.5. The number of hydrogen-bond acceptors (Lipinski definition) is 8. The molecule has 0 bridgehead atoms. The number of rotatable bonds is 7. The van der Waals surface area contributed by atoms with Gasteiger partial charge in [-0.3, -0.25) is 9.67 Å². The van der Waals surface area contributed by atoms with E-state index < -0.39 is 0 Å². The zero-order valence-corrected chi connectivity index (χ0v) is 17.4. The molecule has 0 spiro atoms. The van der Waals surface area contributed by atoms with Gasteiger partial charge in [-0.1, -0.05) is 12.1 Å². The van der Waals surface area contributed by atoms with Gasteiger partial charge in [-0.05, 0) is 24.3 Å². The predicted molar refractivity (Wildman–Crippen MR) is 121 cm³/mol. The number of hydrogen-bond donors (Lipinski definition) is 3. The number of pyridine rings is 3. The van der Waals surface area contributed by atoms with Crippen molar-refractivity contribution in [1.29, 1.82) is 5.41 Å². The van der Waals surface area contributed by atoms with Crippen LogP contribution in [-0.4, -0.2) is 45.1 Å². The topological polar surface area (TPSA) is 114 Å². The van der Waals surface area contributed by atoms with E-state index in [4.69, 9.17) is 10.1 Å². The number of methoxy groups -OCH3 is 1. The van der Waals surface area contributed by atoms with Gasteiger partial charge < -0.3 is 20.8 Å². The second kappa shape index (κ2) is 8.62. The second-order valence-corrected chi connectivity index (χ2v) is 6.66. The Morgan fingerprint density at radius 2 is 1.87 bits per heavy atom. The van der Waals surface area contributed by atoms with E-state index in [9.17, 15) is 0 Å². The van der Waals surface area contributed by atoms with Crippen LogP contribution in [0.15, 0.2) is 54.7 Å². The average Bonchev–Trinajstić information content (AvgIpc) is 3.19. The Morgan fingerprint density at radius 1 is 1.03 bits per heavy atom. The molecule has 9 heteroatoms. The van der Waals surface area contributed by atoms with Crippen LogP contribution in [0.3, 0.4) is 0 Å². The molecule has 0 saturated carbocycles. The van der Waals surface area contributed by atoms with Gasteiger partial charge in [-0.15, -0.1) is 0 Å². The highest BCUT2D eigenvalue weighted by Crippen LogP contribution is 2.30. The van der Waals surface area contributed by atoms with Crippen molar-refractivity contribution in [3.05, 3.63) is 60.3 Å². The average molecular weight is 414 g/mol. The Hall–Kier alpha value is -4.27. The van der Waals surface area contributed by atoms with E-state index in [1.54, 1.807) is 31.1 Å². The fourth-order valence-electron chi connectivity index (χ4n) is 3.20. The second-order valence-electron chi connectivity index (χ2n) is 6.66. The van der Waals surface area contributed by atoms with Crippen molar-refractivity contribution in [3.63, 3.8) is 0 Å². The van der Waals surface area contributed by atoms with Gasteiger partial charge in [0, 0.05) is 49.8 Å². The summed E-state index contributed by atoms with van der Waals surface area (Å²) in [6, 6.07) is 15.0. The summed E-state index contributed by atoms with van der Waals surface area (Å²) in [4.78, 5) is 13.5. The van der Waals surface area contributed by atoms with Gasteiger partial charge in [-0.2, -0.15) is 5.10 Å². The van der Waals surface area contributed by atoms with Crippen LogP contribution in [0.1, 0.15) is 5.56 Å². The van der Waals surface area contributed by atoms with Gasteiger partial charge >= 0.3 is 0 Å². The molecular weight excluding hydrogens is 392 g/mol. The van der Waals surface area contributed by atoms with E-state index in [0.717, 1.165) is 17.1 Å². The van der Waals surface area contributed by atoms with Gasteiger partial charge in [0.25, 0.3) is 0 Å². The van der Waals surface area contributed by atoms with E-state index in [-0.39, 0.29) is 0 Å². The lowest BCUT2D eigenvalue weighted by Crippen LogP contribution is -2.06. The van der Waals surface area contributed by atoms with Crippen LogP contribution in [0.5, 0.6) is 5.88 Å². The number of ether oxygens (including phenoxy) is 1. The third-order valence-corrected chi connectivity index (χ3v) is 4.71. The first-order chi connectivity index (χ1) is 15.1. The van der Waals surface area contributed by atoms with Gasteiger partial charge in [0.2, 0.25) is 5.88 Å². The van der Waals surface area contributed by atoms with Crippen LogP contribution in [-0.2, 0) is 7.05 Å². The van der Waals surface area contributed by atoms with E-state index in [1.807, 2.05) is 49.5 Å². The first-order valence-corrected chi connectivity index (χ1v) is 9.60. The van der Waals surface area contributed by atoms with Crippen molar-refractivity contribution in [2.75, 3.05) is 24.8 Å². The lowest BCUT2D eigenvalue weighted by atomic mass is 10.1. The Balaban J connectivity index is 1.73. The van der Waals surface area contributed by atoms with E-state index in [1.165, 1.54) is 6.21 Å². The summed E-state index contributed by atoms with van der Waals surface area (Å²) in [6.07, 6.45) is 3.01. The maximum Gasteiger partial charge on any atom is 0.213 e. The van der Waals surface area contributed by atoms with Crippen molar-refractivity contribution in [1.82, 2.24) is 24.7 Å². The molecule has 0 amide bonds. The number of nitrogens with one attached hydrogen (secondary N) is 3. The van der Waals surface area contributed by atoms with Crippen LogP contribution in [0.4, 0.5) is 17.5 Å². The number of aryl methyl sites for hydroxylation is 1. The fourth-order valence-corrected chi connectivity index (χ4v) is 3.20. The summed E-state index contributed by atoms with van der Waals surface area (Å²) in [7, 11) is 5.20. The van der Waals surface area contributed by atoms with Gasteiger partial charge in [-0.25, -0.2) is 9.97 Å². The standard InChI is InChI=1S/C22H22N8O/c1-24-22-15(13-23)14(16-7-4-5-10-25-16)11-19(28-22)27-20-12-18(29-30(20)2)17-8-6-9-21(26-17)31-3/h4-13,23H,1-3H3,(H2,24,27,28). The van der Waals surface area contributed by atoms with Gasteiger partial charge in [0.05, 0.1) is 18.5 Å². The molecule has 9 nitrogen and oxygen atoms in total. The van der Waals surface area contributed by atoms with Crippen LogP contribution >= 0.6 is 0 Å². The molecule has 0 aliphatic carbocycles. The molecule has 0 unspecified atom stereocenters. The predicted octanol–water partition coefficient (Wildman–Crippen LogP) is 3.73. The zero-order valence-electron chi connectivity index (χ0n) is 17.4. The van der Waals surface area contributed by atoms with Crippen molar-refractivity contribution >= 4 is 23.7 Å². The Kier molecular flexibility index (Phi) is 5.57. The molecule has 0 radical (unpaired) electrons. The highest BCUT2D eigenvalue weighted by molar-refractivity contribution is 5.95. The van der Waals surface area contributed by atoms with Crippen molar-refractivity contribution in [2.24, 2.45) is 7.05 Å². The van der Waals surface area contributed by atoms with E-state index >= 15 is 0 Å². The molecule has 0 aliphatic heterocycles. The maximum absolute atomic E-state index is 7.85. The van der Waals surface area contributed by atoms with Crippen molar-refractivity contribution < 1.29 is 4.74 Å². The molecule has 0 aliphatic rings. The summed E-state index contributed by atoms with van der Waals surface area (Å²) in [5.41, 5.74) is 3.64. The van der Waals surface area contributed by atoms with Crippen molar-refractivity contribution in [2.45, 2.75) is 0 Å². The molecule has 0 aromatic carbocycles. The lowest BCUT2D eigenvalue weighted by Gasteiger charge is -2.14. The fraction of sp³-hybridized carbons (Fsp3) is 0.136. The SMILES string of the molecule is CNc1nc(Nc2cc(-c3cccc(OC)n3)nn2C)cc(-c2ccccn2)c1C=N. The minimum Gasteiger partial charge on any atom is -0.481 e. The Labute approximate surface area is 179 Å². The molecule has 3 N–H and O–H groups in total.